The largest absolute Gasteiger partial charge is 0.450 e. The Kier molecular flexibility index (Phi) is 11.5. The molecule has 0 fully saturated rings. The topological polar surface area (TPSA) is 75.6 Å². The Hall–Kier alpha value is -1.88. The standard InChI is InChI=1S/C23H37NO4/c1-4-5-10-16-23(2,27)17-15-19-13-14-21(25)20(19)12-9-7-6-8-11-18-28-22(26)24-3/h7,9,13-15,17,19-20,27H,4-6,8,10-12,16,18H2,1-3H3,(H,24,26)/b9-7-,17-15+/t19-,20-,23+/m1/s1. The predicted molar refractivity (Wildman–Crippen MR) is 113 cm³/mol. The molecule has 2 N–H and O–H groups in total. The number of allylic oxidation sites excluding steroid dienone is 5. The van der Waals surface area contributed by atoms with Crippen LogP contribution >= 0.6 is 0 Å². The summed E-state index contributed by atoms with van der Waals surface area (Å²) in [5.74, 6) is 0.134. The summed E-state index contributed by atoms with van der Waals surface area (Å²) >= 11 is 0. The quantitative estimate of drug-likeness (QED) is 0.352. The lowest BCUT2D eigenvalue weighted by Gasteiger charge is -2.20. The molecule has 0 saturated heterocycles. The van der Waals surface area contributed by atoms with E-state index in [4.69, 9.17) is 4.74 Å². The number of carbonyl (C=O) groups is 2. The number of alkyl carbamates (subject to hydrolysis) is 1. The van der Waals surface area contributed by atoms with Gasteiger partial charge in [-0.2, -0.15) is 0 Å². The molecule has 0 aromatic heterocycles. The number of nitrogens with one attached hydrogen (secondary N) is 1. The molecular weight excluding hydrogens is 354 g/mol. The fourth-order valence-corrected chi connectivity index (χ4v) is 3.22. The van der Waals surface area contributed by atoms with E-state index in [2.05, 4.69) is 24.4 Å². The van der Waals surface area contributed by atoms with Crippen molar-refractivity contribution in [3.63, 3.8) is 0 Å². The zero-order valence-corrected chi connectivity index (χ0v) is 17.7. The van der Waals surface area contributed by atoms with Crippen molar-refractivity contribution in [2.24, 2.45) is 11.8 Å². The summed E-state index contributed by atoms with van der Waals surface area (Å²) in [5, 5.41) is 12.9. The first-order chi connectivity index (χ1) is 13.4. The summed E-state index contributed by atoms with van der Waals surface area (Å²) in [5.41, 5.74) is -0.814. The van der Waals surface area contributed by atoms with Crippen LogP contribution in [0, 0.1) is 11.8 Å². The van der Waals surface area contributed by atoms with Crippen molar-refractivity contribution in [1.82, 2.24) is 5.32 Å². The van der Waals surface area contributed by atoms with E-state index in [0.29, 0.717) is 13.0 Å². The number of aliphatic hydroxyl groups is 1. The van der Waals surface area contributed by atoms with E-state index in [1.807, 2.05) is 25.2 Å². The molecule has 1 amide bonds. The summed E-state index contributed by atoms with van der Waals surface area (Å²) in [7, 11) is 1.54. The van der Waals surface area contributed by atoms with Crippen molar-refractivity contribution in [2.75, 3.05) is 13.7 Å². The lowest BCUT2D eigenvalue weighted by atomic mass is 9.88. The number of hydrogen-bond donors (Lipinski definition) is 2. The van der Waals surface area contributed by atoms with E-state index in [-0.39, 0.29) is 17.6 Å². The van der Waals surface area contributed by atoms with Gasteiger partial charge in [-0.15, -0.1) is 0 Å². The second-order valence-electron chi connectivity index (χ2n) is 7.71. The smallest absolute Gasteiger partial charge is 0.406 e. The average Bonchev–Trinajstić information content (AvgIpc) is 3.02. The maximum Gasteiger partial charge on any atom is 0.406 e. The fraction of sp³-hybridized carbons (Fsp3) is 0.652. The Morgan fingerprint density at radius 2 is 2.07 bits per heavy atom. The number of carbonyl (C=O) groups excluding carboxylic acids is 2. The van der Waals surface area contributed by atoms with Gasteiger partial charge in [0.1, 0.15) is 0 Å². The van der Waals surface area contributed by atoms with Gasteiger partial charge in [-0.3, -0.25) is 4.79 Å². The Labute approximate surface area is 169 Å². The number of ether oxygens (including phenoxy) is 1. The highest BCUT2D eigenvalue weighted by atomic mass is 16.5. The Bertz CT molecular complexity index is 563. The summed E-state index contributed by atoms with van der Waals surface area (Å²) < 4.78 is 4.94. The summed E-state index contributed by atoms with van der Waals surface area (Å²) in [6, 6.07) is 0. The maximum absolute atomic E-state index is 12.1. The molecule has 5 nitrogen and oxygen atoms in total. The van der Waals surface area contributed by atoms with Gasteiger partial charge in [0.25, 0.3) is 0 Å². The van der Waals surface area contributed by atoms with Crippen LogP contribution in [0.1, 0.15) is 65.2 Å². The van der Waals surface area contributed by atoms with Crippen LogP contribution in [0.2, 0.25) is 0 Å². The van der Waals surface area contributed by atoms with Crippen LogP contribution < -0.4 is 5.32 Å². The Balaban J connectivity index is 2.35. The molecule has 0 saturated carbocycles. The van der Waals surface area contributed by atoms with Crippen molar-refractivity contribution >= 4 is 11.9 Å². The molecule has 0 unspecified atom stereocenters. The molecule has 0 spiro atoms. The van der Waals surface area contributed by atoms with E-state index in [0.717, 1.165) is 44.9 Å². The second-order valence-corrected chi connectivity index (χ2v) is 7.71. The number of ketones is 1. The van der Waals surface area contributed by atoms with Gasteiger partial charge in [0.15, 0.2) is 5.78 Å². The summed E-state index contributed by atoms with van der Waals surface area (Å²) in [6.45, 7) is 4.41. The molecular formula is C23H37NO4. The van der Waals surface area contributed by atoms with Crippen LogP contribution in [0.5, 0.6) is 0 Å². The molecule has 0 bridgehead atoms. The van der Waals surface area contributed by atoms with Crippen molar-refractivity contribution in [3.05, 3.63) is 36.5 Å². The number of amides is 1. The Morgan fingerprint density at radius 3 is 2.79 bits per heavy atom. The molecule has 1 rings (SSSR count). The minimum atomic E-state index is -0.814. The number of hydrogen-bond acceptors (Lipinski definition) is 4. The molecule has 0 aromatic carbocycles. The Morgan fingerprint density at radius 1 is 1.29 bits per heavy atom. The first kappa shape index (κ1) is 24.2. The van der Waals surface area contributed by atoms with Crippen molar-refractivity contribution in [3.8, 4) is 0 Å². The third-order valence-corrected chi connectivity index (χ3v) is 5.04. The average molecular weight is 392 g/mol. The highest BCUT2D eigenvalue weighted by molar-refractivity contribution is 5.95. The molecule has 0 aliphatic heterocycles. The van der Waals surface area contributed by atoms with Crippen molar-refractivity contribution in [2.45, 2.75) is 70.8 Å². The molecule has 1 aliphatic rings. The minimum Gasteiger partial charge on any atom is -0.450 e. The predicted octanol–water partition coefficient (Wildman–Crippen LogP) is 4.72. The lowest BCUT2D eigenvalue weighted by Crippen LogP contribution is -2.21. The maximum atomic E-state index is 12.1. The highest BCUT2D eigenvalue weighted by Crippen LogP contribution is 2.28. The SMILES string of the molecule is CCCCC[C@](C)(O)/C=C/[C@H]1C=CC(=O)[C@@H]1C/C=C\CCCCOC(=O)NC. The summed E-state index contributed by atoms with van der Waals surface area (Å²) in [6.07, 6.45) is 18.6. The van der Waals surface area contributed by atoms with Crippen LogP contribution in [0.15, 0.2) is 36.5 Å². The molecule has 158 valence electrons. The van der Waals surface area contributed by atoms with E-state index in [1.165, 1.54) is 0 Å². The van der Waals surface area contributed by atoms with Gasteiger partial charge in [0, 0.05) is 18.9 Å². The molecule has 0 aromatic rings. The minimum absolute atomic E-state index is 0.0516. The first-order valence-electron chi connectivity index (χ1n) is 10.5. The van der Waals surface area contributed by atoms with Gasteiger partial charge in [-0.05, 0) is 45.1 Å². The van der Waals surface area contributed by atoms with Crippen LogP contribution in [0.4, 0.5) is 4.79 Å². The van der Waals surface area contributed by atoms with Gasteiger partial charge in [0.2, 0.25) is 0 Å². The molecule has 1 aliphatic carbocycles. The number of unbranched alkanes of at least 4 members (excludes halogenated alkanes) is 4. The van der Waals surface area contributed by atoms with E-state index in [9.17, 15) is 14.7 Å². The second kappa shape index (κ2) is 13.3. The molecule has 5 heteroatoms. The van der Waals surface area contributed by atoms with Gasteiger partial charge < -0.3 is 15.2 Å². The third-order valence-electron chi connectivity index (χ3n) is 5.04. The van der Waals surface area contributed by atoms with Crippen LogP contribution in [0.25, 0.3) is 0 Å². The zero-order valence-electron chi connectivity index (χ0n) is 17.7. The van der Waals surface area contributed by atoms with E-state index in [1.54, 1.807) is 13.1 Å². The first-order valence-corrected chi connectivity index (χ1v) is 10.5. The van der Waals surface area contributed by atoms with Crippen molar-refractivity contribution in [1.29, 1.82) is 0 Å². The number of rotatable bonds is 13. The zero-order chi connectivity index (χ0) is 20.8. The monoisotopic (exact) mass is 391 g/mol. The normalized spacial score (nSPS) is 21.5. The third kappa shape index (κ3) is 9.88. The lowest BCUT2D eigenvalue weighted by molar-refractivity contribution is -0.117. The summed E-state index contributed by atoms with van der Waals surface area (Å²) in [4.78, 5) is 23.1. The molecule has 28 heavy (non-hydrogen) atoms. The van der Waals surface area contributed by atoms with Gasteiger partial charge in [0.05, 0.1) is 12.2 Å². The molecule has 3 atom stereocenters. The van der Waals surface area contributed by atoms with Gasteiger partial charge in [-0.25, -0.2) is 4.79 Å². The fourth-order valence-electron chi connectivity index (χ4n) is 3.22. The van der Waals surface area contributed by atoms with E-state index >= 15 is 0 Å². The molecule has 0 heterocycles. The van der Waals surface area contributed by atoms with Crippen LogP contribution in [-0.4, -0.2) is 36.2 Å². The van der Waals surface area contributed by atoms with Gasteiger partial charge in [-0.1, -0.05) is 56.6 Å². The van der Waals surface area contributed by atoms with Crippen LogP contribution in [-0.2, 0) is 9.53 Å². The van der Waals surface area contributed by atoms with Crippen LogP contribution in [0.3, 0.4) is 0 Å². The van der Waals surface area contributed by atoms with Gasteiger partial charge >= 0.3 is 6.09 Å². The molecule has 0 radical (unpaired) electrons. The highest BCUT2D eigenvalue weighted by Gasteiger charge is 2.28. The van der Waals surface area contributed by atoms with E-state index < -0.39 is 11.7 Å². The van der Waals surface area contributed by atoms with Crippen molar-refractivity contribution < 1.29 is 19.4 Å².